The molecule has 0 spiro atoms. The molecule has 20 heavy (non-hydrogen) atoms. The first-order chi connectivity index (χ1) is 9.36. The summed E-state index contributed by atoms with van der Waals surface area (Å²) in [6.07, 6.45) is 0. The first-order valence-corrected chi connectivity index (χ1v) is 7.24. The quantitative estimate of drug-likeness (QED) is 0.866. The van der Waals surface area contributed by atoms with Crippen LogP contribution in [-0.2, 0) is 0 Å². The standard InChI is InChI=1S/C16H26N4/c1-11(2)20(12(3)4)8-7-18-16-15(10-17)13(5)9-14(6)19-16/h9,11-12H,7-8H2,1-6H3,(H,18,19). The third kappa shape index (κ3) is 4.21. The molecule has 0 amide bonds. The minimum Gasteiger partial charge on any atom is -0.368 e. The van der Waals surface area contributed by atoms with E-state index in [9.17, 15) is 5.26 Å². The number of anilines is 1. The van der Waals surface area contributed by atoms with E-state index < -0.39 is 0 Å². The highest BCUT2D eigenvalue weighted by atomic mass is 15.2. The summed E-state index contributed by atoms with van der Waals surface area (Å²) in [5.41, 5.74) is 2.57. The van der Waals surface area contributed by atoms with Gasteiger partial charge in [-0.05, 0) is 53.2 Å². The van der Waals surface area contributed by atoms with Crippen molar-refractivity contribution in [3.05, 3.63) is 22.9 Å². The minimum absolute atomic E-state index is 0.513. The van der Waals surface area contributed by atoms with Crippen LogP contribution in [0.1, 0.15) is 44.5 Å². The number of rotatable bonds is 6. The Morgan fingerprint density at radius 2 is 1.85 bits per heavy atom. The van der Waals surface area contributed by atoms with E-state index in [1.54, 1.807) is 0 Å². The van der Waals surface area contributed by atoms with E-state index in [1.807, 2.05) is 19.9 Å². The molecule has 0 aliphatic heterocycles. The van der Waals surface area contributed by atoms with Gasteiger partial charge in [0.1, 0.15) is 11.9 Å². The first-order valence-electron chi connectivity index (χ1n) is 7.24. The molecule has 0 saturated carbocycles. The Kier molecular flexibility index (Phi) is 5.97. The highest BCUT2D eigenvalue weighted by molar-refractivity contribution is 5.56. The Morgan fingerprint density at radius 3 is 2.35 bits per heavy atom. The zero-order valence-corrected chi connectivity index (χ0v) is 13.5. The molecule has 1 aromatic rings. The summed E-state index contributed by atoms with van der Waals surface area (Å²) in [6.45, 7) is 14.5. The third-order valence-corrected chi connectivity index (χ3v) is 3.45. The van der Waals surface area contributed by atoms with E-state index >= 15 is 0 Å². The number of nitrogens with zero attached hydrogens (tertiary/aromatic N) is 3. The lowest BCUT2D eigenvalue weighted by Crippen LogP contribution is -2.40. The van der Waals surface area contributed by atoms with Gasteiger partial charge in [0.2, 0.25) is 0 Å². The van der Waals surface area contributed by atoms with Crippen molar-refractivity contribution in [1.29, 1.82) is 5.26 Å². The smallest absolute Gasteiger partial charge is 0.144 e. The summed E-state index contributed by atoms with van der Waals surface area (Å²) >= 11 is 0. The zero-order chi connectivity index (χ0) is 15.3. The van der Waals surface area contributed by atoms with Crippen molar-refractivity contribution in [2.24, 2.45) is 0 Å². The number of hydrogen-bond donors (Lipinski definition) is 1. The van der Waals surface area contributed by atoms with Crippen molar-refractivity contribution >= 4 is 5.82 Å². The van der Waals surface area contributed by atoms with Crippen LogP contribution in [0, 0.1) is 25.2 Å². The lowest BCUT2D eigenvalue weighted by molar-refractivity contribution is 0.182. The number of pyridine rings is 1. The highest BCUT2D eigenvalue weighted by Crippen LogP contribution is 2.17. The lowest BCUT2D eigenvalue weighted by Gasteiger charge is -2.30. The van der Waals surface area contributed by atoms with E-state index in [1.165, 1.54) is 0 Å². The fraction of sp³-hybridized carbons (Fsp3) is 0.625. The molecule has 0 aliphatic carbocycles. The van der Waals surface area contributed by atoms with Gasteiger partial charge in [-0.15, -0.1) is 0 Å². The van der Waals surface area contributed by atoms with Gasteiger partial charge in [0.25, 0.3) is 0 Å². The third-order valence-electron chi connectivity index (χ3n) is 3.45. The lowest BCUT2D eigenvalue weighted by atomic mass is 10.1. The molecule has 0 unspecified atom stereocenters. The molecular formula is C16H26N4. The van der Waals surface area contributed by atoms with E-state index in [0.717, 1.165) is 24.3 Å². The van der Waals surface area contributed by atoms with Crippen molar-refractivity contribution in [2.75, 3.05) is 18.4 Å². The molecule has 4 nitrogen and oxygen atoms in total. The van der Waals surface area contributed by atoms with Crippen molar-refractivity contribution in [2.45, 2.75) is 53.6 Å². The Morgan fingerprint density at radius 1 is 1.25 bits per heavy atom. The molecule has 0 fully saturated rings. The van der Waals surface area contributed by atoms with E-state index in [2.05, 4.69) is 49.0 Å². The first kappa shape index (κ1) is 16.5. The summed E-state index contributed by atoms with van der Waals surface area (Å²) < 4.78 is 0. The normalized spacial score (nSPS) is 11.2. The van der Waals surface area contributed by atoms with Crippen molar-refractivity contribution in [1.82, 2.24) is 9.88 Å². The van der Waals surface area contributed by atoms with Gasteiger partial charge in [-0.2, -0.15) is 5.26 Å². The second-order valence-electron chi connectivity index (χ2n) is 5.77. The van der Waals surface area contributed by atoms with Crippen LogP contribution in [-0.4, -0.2) is 35.1 Å². The maximum absolute atomic E-state index is 9.23. The van der Waals surface area contributed by atoms with Gasteiger partial charge in [-0.1, -0.05) is 0 Å². The van der Waals surface area contributed by atoms with Crippen LogP contribution in [0.4, 0.5) is 5.82 Å². The molecule has 0 saturated heterocycles. The molecule has 4 heteroatoms. The van der Waals surface area contributed by atoms with Gasteiger partial charge in [-0.3, -0.25) is 4.90 Å². The fourth-order valence-corrected chi connectivity index (χ4v) is 2.52. The predicted molar refractivity (Wildman–Crippen MR) is 83.9 cm³/mol. The summed E-state index contributed by atoms with van der Waals surface area (Å²) in [4.78, 5) is 6.86. The minimum atomic E-state index is 0.513. The molecule has 1 rings (SSSR count). The number of aryl methyl sites for hydroxylation is 2. The second-order valence-corrected chi connectivity index (χ2v) is 5.77. The Labute approximate surface area is 122 Å². The van der Waals surface area contributed by atoms with Gasteiger partial charge >= 0.3 is 0 Å². The monoisotopic (exact) mass is 274 g/mol. The van der Waals surface area contributed by atoms with Crippen LogP contribution < -0.4 is 5.32 Å². The average molecular weight is 274 g/mol. The largest absolute Gasteiger partial charge is 0.368 e. The number of nitrogens with one attached hydrogen (secondary N) is 1. The van der Waals surface area contributed by atoms with Crippen LogP contribution in [0.2, 0.25) is 0 Å². The van der Waals surface area contributed by atoms with E-state index in [4.69, 9.17) is 0 Å². The van der Waals surface area contributed by atoms with Crippen LogP contribution in [0.15, 0.2) is 6.07 Å². The molecule has 1 aromatic heterocycles. The molecule has 0 aliphatic rings. The predicted octanol–water partition coefficient (Wildman–Crippen LogP) is 3.10. The molecule has 0 atom stereocenters. The average Bonchev–Trinajstić information content (AvgIpc) is 2.33. The van der Waals surface area contributed by atoms with Crippen LogP contribution in [0.3, 0.4) is 0 Å². The Balaban J connectivity index is 2.74. The summed E-state index contributed by atoms with van der Waals surface area (Å²) in [6, 6.07) is 5.21. The van der Waals surface area contributed by atoms with E-state index in [-0.39, 0.29) is 0 Å². The van der Waals surface area contributed by atoms with Gasteiger partial charge in [0.05, 0.1) is 5.56 Å². The fourth-order valence-electron chi connectivity index (χ4n) is 2.52. The van der Waals surface area contributed by atoms with Gasteiger partial charge in [-0.25, -0.2) is 4.98 Å². The summed E-state index contributed by atoms with van der Waals surface area (Å²) in [7, 11) is 0. The van der Waals surface area contributed by atoms with Gasteiger partial charge in [0.15, 0.2) is 0 Å². The van der Waals surface area contributed by atoms with Crippen LogP contribution in [0.5, 0.6) is 0 Å². The molecule has 110 valence electrons. The summed E-state index contributed by atoms with van der Waals surface area (Å²) in [5.74, 6) is 0.706. The van der Waals surface area contributed by atoms with Crippen LogP contribution >= 0.6 is 0 Å². The molecule has 0 aromatic carbocycles. The Hall–Kier alpha value is -1.60. The summed E-state index contributed by atoms with van der Waals surface area (Å²) in [5, 5.41) is 12.5. The molecule has 0 bridgehead atoms. The topological polar surface area (TPSA) is 52.0 Å². The number of aromatic nitrogens is 1. The molecule has 1 heterocycles. The van der Waals surface area contributed by atoms with Crippen LogP contribution in [0.25, 0.3) is 0 Å². The van der Waals surface area contributed by atoms with E-state index in [0.29, 0.717) is 23.5 Å². The Bertz CT molecular complexity index is 478. The highest BCUT2D eigenvalue weighted by Gasteiger charge is 2.13. The number of nitriles is 1. The van der Waals surface area contributed by atoms with Gasteiger partial charge in [0, 0.05) is 30.9 Å². The van der Waals surface area contributed by atoms with Crippen molar-refractivity contribution in [3.8, 4) is 6.07 Å². The second kappa shape index (κ2) is 7.25. The zero-order valence-electron chi connectivity index (χ0n) is 13.5. The van der Waals surface area contributed by atoms with Gasteiger partial charge < -0.3 is 5.32 Å². The molecule has 1 N–H and O–H groups in total. The molecular weight excluding hydrogens is 248 g/mol. The maximum Gasteiger partial charge on any atom is 0.144 e. The SMILES string of the molecule is Cc1cc(C)c(C#N)c(NCCN(C(C)C)C(C)C)n1. The van der Waals surface area contributed by atoms with Crippen molar-refractivity contribution < 1.29 is 0 Å². The maximum atomic E-state index is 9.23. The van der Waals surface area contributed by atoms with Crippen molar-refractivity contribution in [3.63, 3.8) is 0 Å². The number of hydrogen-bond acceptors (Lipinski definition) is 4. The molecule has 0 radical (unpaired) electrons.